The number of ether oxygens (including phenoxy) is 1. The number of carboxylic acids is 1. The van der Waals surface area contributed by atoms with Crippen molar-refractivity contribution in [3.05, 3.63) is 28.8 Å². The summed E-state index contributed by atoms with van der Waals surface area (Å²) >= 11 is 5.97. The number of carbonyl (C=O) groups is 2. The van der Waals surface area contributed by atoms with E-state index in [0.29, 0.717) is 22.9 Å². The number of halogens is 1. The first-order valence-corrected chi connectivity index (χ1v) is 7.53. The van der Waals surface area contributed by atoms with Crippen molar-refractivity contribution in [1.29, 1.82) is 0 Å². The van der Waals surface area contributed by atoms with Crippen LogP contribution in [0.4, 0.5) is 0 Å². The summed E-state index contributed by atoms with van der Waals surface area (Å²) in [4.78, 5) is 24.8. The van der Waals surface area contributed by atoms with Crippen LogP contribution in [0.15, 0.2) is 18.2 Å². The minimum absolute atomic E-state index is 0.0643. The van der Waals surface area contributed by atoms with Gasteiger partial charge in [-0.15, -0.1) is 0 Å². The Kier molecular flexibility index (Phi) is 7.18. The summed E-state index contributed by atoms with van der Waals surface area (Å²) in [6.07, 6.45) is 0.0706. The van der Waals surface area contributed by atoms with Crippen molar-refractivity contribution in [2.75, 3.05) is 20.2 Å². The monoisotopic (exact) mass is 327 g/mol. The van der Waals surface area contributed by atoms with E-state index in [9.17, 15) is 9.59 Å². The molecule has 1 amide bonds. The van der Waals surface area contributed by atoms with Gasteiger partial charge in [-0.2, -0.15) is 0 Å². The van der Waals surface area contributed by atoms with Gasteiger partial charge in [-0.25, -0.2) is 0 Å². The lowest BCUT2D eigenvalue weighted by molar-refractivity contribution is -0.138. The number of carbonyl (C=O) groups excluding carboxylic acids is 1. The Morgan fingerprint density at radius 1 is 1.36 bits per heavy atom. The van der Waals surface area contributed by atoms with Crippen molar-refractivity contribution in [3.8, 4) is 5.75 Å². The van der Waals surface area contributed by atoms with Gasteiger partial charge in [0.05, 0.1) is 20.0 Å². The molecular weight excluding hydrogens is 306 g/mol. The number of carboxylic acid groups (broad SMARTS) is 1. The lowest BCUT2D eigenvalue weighted by atomic mass is 10.1. The van der Waals surface area contributed by atoms with E-state index in [4.69, 9.17) is 21.4 Å². The predicted octanol–water partition coefficient (Wildman–Crippen LogP) is 2.85. The highest BCUT2D eigenvalue weighted by molar-refractivity contribution is 6.30. The van der Waals surface area contributed by atoms with E-state index < -0.39 is 5.97 Å². The van der Waals surface area contributed by atoms with Gasteiger partial charge in [-0.1, -0.05) is 25.4 Å². The number of amides is 1. The molecule has 1 N–H and O–H groups in total. The van der Waals surface area contributed by atoms with Gasteiger partial charge in [0.25, 0.3) is 0 Å². The fourth-order valence-corrected chi connectivity index (χ4v) is 2.34. The molecule has 22 heavy (non-hydrogen) atoms. The molecule has 0 aliphatic heterocycles. The van der Waals surface area contributed by atoms with E-state index in [2.05, 4.69) is 0 Å². The highest BCUT2D eigenvalue weighted by Crippen LogP contribution is 2.23. The maximum absolute atomic E-state index is 12.5. The smallest absolute Gasteiger partial charge is 0.305 e. The van der Waals surface area contributed by atoms with E-state index in [1.165, 1.54) is 7.11 Å². The van der Waals surface area contributed by atoms with Crippen molar-refractivity contribution in [2.45, 2.75) is 26.7 Å². The molecule has 0 fully saturated rings. The van der Waals surface area contributed by atoms with E-state index >= 15 is 0 Å². The average Bonchev–Trinajstić information content (AvgIpc) is 2.43. The summed E-state index contributed by atoms with van der Waals surface area (Å²) in [5.41, 5.74) is 0.698. The second-order valence-corrected chi connectivity index (χ2v) is 5.95. The van der Waals surface area contributed by atoms with Crippen LogP contribution >= 0.6 is 11.6 Å². The molecule has 5 nitrogen and oxygen atoms in total. The number of hydrogen-bond donors (Lipinski definition) is 1. The van der Waals surface area contributed by atoms with Crippen LogP contribution in [-0.4, -0.2) is 42.1 Å². The SMILES string of the molecule is COc1ccc(Cl)cc1CC(=O)N(CCC(=O)O)CC(C)C. The molecule has 1 aromatic rings. The molecule has 0 unspecified atom stereocenters. The lowest BCUT2D eigenvalue weighted by Crippen LogP contribution is -2.37. The zero-order chi connectivity index (χ0) is 16.7. The van der Waals surface area contributed by atoms with Crippen molar-refractivity contribution < 1.29 is 19.4 Å². The second-order valence-electron chi connectivity index (χ2n) is 5.51. The first kappa shape index (κ1) is 18.3. The molecule has 0 heterocycles. The zero-order valence-electron chi connectivity index (χ0n) is 13.1. The van der Waals surface area contributed by atoms with Crippen molar-refractivity contribution in [1.82, 2.24) is 4.90 Å². The van der Waals surface area contributed by atoms with Crippen molar-refractivity contribution in [2.24, 2.45) is 5.92 Å². The fourth-order valence-electron chi connectivity index (χ4n) is 2.15. The highest BCUT2D eigenvalue weighted by Gasteiger charge is 2.18. The molecule has 0 aliphatic rings. The van der Waals surface area contributed by atoms with Crippen LogP contribution in [0, 0.1) is 5.92 Å². The molecule has 0 aliphatic carbocycles. The lowest BCUT2D eigenvalue weighted by Gasteiger charge is -2.24. The Bertz CT molecular complexity index is 531. The van der Waals surface area contributed by atoms with Gasteiger partial charge in [-0.05, 0) is 24.1 Å². The van der Waals surface area contributed by atoms with E-state index in [1.54, 1.807) is 23.1 Å². The van der Waals surface area contributed by atoms with Crippen LogP contribution in [-0.2, 0) is 16.0 Å². The number of hydrogen-bond acceptors (Lipinski definition) is 3. The Morgan fingerprint density at radius 3 is 2.59 bits per heavy atom. The molecule has 1 aromatic carbocycles. The van der Waals surface area contributed by atoms with Crippen LogP contribution in [0.5, 0.6) is 5.75 Å². The van der Waals surface area contributed by atoms with Gasteiger partial charge in [0.2, 0.25) is 5.91 Å². The number of benzene rings is 1. The van der Waals surface area contributed by atoms with Crippen LogP contribution in [0.1, 0.15) is 25.8 Å². The number of methoxy groups -OCH3 is 1. The third-order valence-electron chi connectivity index (χ3n) is 3.12. The first-order valence-electron chi connectivity index (χ1n) is 7.15. The molecule has 6 heteroatoms. The number of rotatable bonds is 8. The number of aliphatic carboxylic acids is 1. The van der Waals surface area contributed by atoms with Crippen molar-refractivity contribution >= 4 is 23.5 Å². The first-order chi connectivity index (χ1) is 10.3. The topological polar surface area (TPSA) is 66.8 Å². The second kappa shape index (κ2) is 8.63. The summed E-state index contributed by atoms with van der Waals surface area (Å²) < 4.78 is 5.24. The van der Waals surface area contributed by atoms with Crippen LogP contribution in [0.25, 0.3) is 0 Å². The Morgan fingerprint density at radius 2 is 2.05 bits per heavy atom. The van der Waals surface area contributed by atoms with Crippen LogP contribution < -0.4 is 4.74 Å². The maximum atomic E-state index is 12.5. The summed E-state index contributed by atoms with van der Waals surface area (Å²) in [5, 5.41) is 9.34. The Balaban J connectivity index is 2.85. The van der Waals surface area contributed by atoms with E-state index in [0.717, 1.165) is 0 Å². The summed E-state index contributed by atoms with van der Waals surface area (Å²) in [7, 11) is 1.54. The minimum Gasteiger partial charge on any atom is -0.496 e. The van der Waals surface area contributed by atoms with Crippen LogP contribution in [0.3, 0.4) is 0 Å². The zero-order valence-corrected chi connectivity index (χ0v) is 13.9. The summed E-state index contributed by atoms with van der Waals surface area (Å²) in [5.74, 6) is -0.183. The standard InChI is InChI=1S/C16H22ClNO4/c1-11(2)10-18(7-6-16(20)21)15(19)9-12-8-13(17)4-5-14(12)22-3/h4-5,8,11H,6-7,9-10H2,1-3H3,(H,20,21). The molecule has 0 saturated carbocycles. The number of nitrogens with zero attached hydrogens (tertiary/aromatic N) is 1. The predicted molar refractivity (Wildman–Crippen MR) is 85.4 cm³/mol. The highest BCUT2D eigenvalue weighted by atomic mass is 35.5. The molecule has 0 saturated heterocycles. The fraction of sp³-hybridized carbons (Fsp3) is 0.500. The molecule has 0 bridgehead atoms. The van der Waals surface area contributed by atoms with E-state index in [1.807, 2.05) is 13.8 Å². The molecule has 122 valence electrons. The summed E-state index contributed by atoms with van der Waals surface area (Å²) in [6.45, 7) is 4.70. The third-order valence-corrected chi connectivity index (χ3v) is 3.35. The van der Waals surface area contributed by atoms with Gasteiger partial charge in [-0.3, -0.25) is 9.59 Å². The molecule has 0 aromatic heterocycles. The quantitative estimate of drug-likeness (QED) is 0.797. The molecular formula is C16H22ClNO4. The Hall–Kier alpha value is -1.75. The van der Waals surface area contributed by atoms with Gasteiger partial charge < -0.3 is 14.7 Å². The minimum atomic E-state index is -0.915. The summed E-state index contributed by atoms with van der Waals surface area (Å²) in [6, 6.07) is 5.11. The molecule has 1 rings (SSSR count). The average molecular weight is 328 g/mol. The van der Waals surface area contributed by atoms with Gasteiger partial charge >= 0.3 is 5.97 Å². The maximum Gasteiger partial charge on any atom is 0.305 e. The molecule has 0 atom stereocenters. The molecule has 0 radical (unpaired) electrons. The largest absolute Gasteiger partial charge is 0.496 e. The molecule has 0 spiro atoms. The van der Waals surface area contributed by atoms with E-state index in [-0.39, 0.29) is 31.2 Å². The van der Waals surface area contributed by atoms with Gasteiger partial charge in [0.15, 0.2) is 0 Å². The Labute approximate surface area is 135 Å². The third kappa shape index (κ3) is 5.93. The van der Waals surface area contributed by atoms with Crippen LogP contribution in [0.2, 0.25) is 5.02 Å². The normalized spacial score (nSPS) is 10.6. The van der Waals surface area contributed by atoms with Gasteiger partial charge in [0.1, 0.15) is 5.75 Å². The van der Waals surface area contributed by atoms with Crippen molar-refractivity contribution in [3.63, 3.8) is 0 Å². The van der Waals surface area contributed by atoms with Gasteiger partial charge in [0, 0.05) is 23.7 Å².